The van der Waals surface area contributed by atoms with Gasteiger partial charge in [-0.25, -0.2) is 0 Å². The second kappa shape index (κ2) is 6.30. The first-order valence-corrected chi connectivity index (χ1v) is 6.58. The zero-order valence-corrected chi connectivity index (χ0v) is 12.3. The second-order valence-electron chi connectivity index (χ2n) is 4.73. The lowest BCUT2D eigenvalue weighted by atomic mass is 10.2. The number of primary amides is 1. The summed E-state index contributed by atoms with van der Waals surface area (Å²) in [6.45, 7) is 5.71. The average Bonchev–Trinajstić information content (AvgIpc) is 2.77. The van der Waals surface area contributed by atoms with Gasteiger partial charge in [-0.1, -0.05) is 5.16 Å². The van der Waals surface area contributed by atoms with Crippen molar-refractivity contribution < 1.29 is 18.8 Å². The highest BCUT2D eigenvalue weighted by molar-refractivity contribution is 5.78. The van der Waals surface area contributed by atoms with E-state index < -0.39 is 12.0 Å². The van der Waals surface area contributed by atoms with E-state index in [9.17, 15) is 4.79 Å². The first kappa shape index (κ1) is 14.9. The van der Waals surface area contributed by atoms with Crippen LogP contribution in [0.5, 0.6) is 11.5 Å². The number of hydrogen-bond acceptors (Lipinski definition) is 5. The van der Waals surface area contributed by atoms with Crippen molar-refractivity contribution in [3.05, 3.63) is 41.3 Å². The van der Waals surface area contributed by atoms with Gasteiger partial charge < -0.3 is 19.7 Å². The van der Waals surface area contributed by atoms with Gasteiger partial charge in [0.1, 0.15) is 23.9 Å². The molecule has 1 aromatic carbocycles. The monoisotopic (exact) mass is 290 g/mol. The molecule has 1 atom stereocenters. The Labute approximate surface area is 122 Å². The van der Waals surface area contributed by atoms with E-state index in [2.05, 4.69) is 5.16 Å². The van der Waals surface area contributed by atoms with E-state index in [1.807, 2.05) is 13.8 Å². The van der Waals surface area contributed by atoms with Crippen molar-refractivity contribution in [1.82, 2.24) is 5.16 Å². The number of nitrogens with two attached hydrogens (primary N) is 1. The van der Waals surface area contributed by atoms with Gasteiger partial charge in [0, 0.05) is 0 Å². The van der Waals surface area contributed by atoms with Crippen molar-refractivity contribution in [1.29, 1.82) is 0 Å². The van der Waals surface area contributed by atoms with Crippen LogP contribution in [0.2, 0.25) is 0 Å². The Hall–Kier alpha value is -2.50. The number of nitrogens with zero attached hydrogens (tertiary/aromatic N) is 1. The number of carbonyl (C=O) groups excluding carboxylic acids is 1. The summed E-state index contributed by atoms with van der Waals surface area (Å²) in [5.74, 6) is 1.50. The van der Waals surface area contributed by atoms with E-state index in [4.69, 9.17) is 19.7 Å². The van der Waals surface area contributed by atoms with E-state index in [-0.39, 0.29) is 0 Å². The van der Waals surface area contributed by atoms with E-state index >= 15 is 0 Å². The van der Waals surface area contributed by atoms with Gasteiger partial charge in [0.15, 0.2) is 6.10 Å². The smallest absolute Gasteiger partial charge is 0.258 e. The molecule has 1 amide bonds. The normalized spacial score (nSPS) is 12.0. The van der Waals surface area contributed by atoms with Crippen LogP contribution in [-0.2, 0) is 11.4 Å². The topological polar surface area (TPSA) is 87.6 Å². The first-order valence-electron chi connectivity index (χ1n) is 6.58. The summed E-state index contributed by atoms with van der Waals surface area (Å²) < 4.78 is 16.1. The minimum absolute atomic E-state index is 0.388. The third kappa shape index (κ3) is 3.75. The Bertz CT molecular complexity index is 600. The fourth-order valence-corrected chi connectivity index (χ4v) is 1.74. The molecule has 2 N–H and O–H groups in total. The summed E-state index contributed by atoms with van der Waals surface area (Å²) in [7, 11) is 0. The molecule has 6 heteroatoms. The molecule has 0 aliphatic rings. The largest absolute Gasteiger partial charge is 0.489 e. The Morgan fingerprint density at radius 3 is 2.43 bits per heavy atom. The predicted octanol–water partition coefficient (Wildman–Crippen LogP) is 2.12. The van der Waals surface area contributed by atoms with E-state index in [0.29, 0.717) is 18.1 Å². The Balaban J connectivity index is 1.95. The lowest BCUT2D eigenvalue weighted by molar-refractivity contribution is -0.123. The molecule has 112 valence electrons. The highest BCUT2D eigenvalue weighted by atomic mass is 16.5. The van der Waals surface area contributed by atoms with Crippen LogP contribution >= 0.6 is 0 Å². The van der Waals surface area contributed by atoms with Gasteiger partial charge in [0.05, 0.1) is 11.3 Å². The number of aromatic nitrogens is 1. The molecule has 0 spiro atoms. The lowest BCUT2D eigenvalue weighted by Gasteiger charge is -2.12. The molecule has 2 aromatic rings. The molecule has 2 rings (SSSR count). The molecule has 0 unspecified atom stereocenters. The van der Waals surface area contributed by atoms with Crippen LogP contribution in [0.25, 0.3) is 0 Å². The number of aryl methyl sites for hydroxylation is 2. The van der Waals surface area contributed by atoms with Gasteiger partial charge in [-0.3, -0.25) is 4.79 Å². The molecule has 0 bridgehead atoms. The number of amides is 1. The van der Waals surface area contributed by atoms with Crippen molar-refractivity contribution in [2.45, 2.75) is 33.5 Å². The third-order valence-corrected chi connectivity index (χ3v) is 3.10. The number of rotatable bonds is 6. The fourth-order valence-electron chi connectivity index (χ4n) is 1.74. The molecule has 0 radical (unpaired) electrons. The molecule has 1 heterocycles. The summed E-state index contributed by atoms with van der Waals surface area (Å²) in [5.41, 5.74) is 6.90. The van der Waals surface area contributed by atoms with Crippen molar-refractivity contribution in [3.8, 4) is 11.5 Å². The van der Waals surface area contributed by atoms with E-state index in [1.54, 1.807) is 31.2 Å². The highest BCUT2D eigenvalue weighted by Gasteiger charge is 2.11. The van der Waals surface area contributed by atoms with Crippen LogP contribution in [0, 0.1) is 13.8 Å². The maximum Gasteiger partial charge on any atom is 0.258 e. The van der Waals surface area contributed by atoms with Gasteiger partial charge >= 0.3 is 0 Å². The number of benzene rings is 1. The fraction of sp³-hybridized carbons (Fsp3) is 0.333. The van der Waals surface area contributed by atoms with Gasteiger partial charge in [0.2, 0.25) is 0 Å². The molecule has 0 saturated carbocycles. The zero-order chi connectivity index (χ0) is 15.4. The predicted molar refractivity (Wildman–Crippen MR) is 76.0 cm³/mol. The van der Waals surface area contributed by atoms with Crippen LogP contribution in [0.15, 0.2) is 28.8 Å². The van der Waals surface area contributed by atoms with Crippen LogP contribution in [0.3, 0.4) is 0 Å². The summed E-state index contributed by atoms with van der Waals surface area (Å²) in [5, 5.41) is 3.87. The average molecular weight is 290 g/mol. The minimum Gasteiger partial charge on any atom is -0.489 e. The summed E-state index contributed by atoms with van der Waals surface area (Å²) in [6, 6.07) is 6.98. The Kier molecular flexibility index (Phi) is 4.47. The van der Waals surface area contributed by atoms with Gasteiger partial charge in [-0.05, 0) is 45.0 Å². The quantitative estimate of drug-likeness (QED) is 0.880. The lowest BCUT2D eigenvalue weighted by Crippen LogP contribution is -2.30. The van der Waals surface area contributed by atoms with Crippen molar-refractivity contribution in [3.63, 3.8) is 0 Å². The highest BCUT2D eigenvalue weighted by Crippen LogP contribution is 2.21. The summed E-state index contributed by atoms with van der Waals surface area (Å²) in [6.07, 6.45) is -0.668. The molecule has 0 aliphatic carbocycles. The number of ether oxygens (including phenoxy) is 2. The Morgan fingerprint density at radius 1 is 1.29 bits per heavy atom. The van der Waals surface area contributed by atoms with E-state index in [0.717, 1.165) is 17.0 Å². The molecular weight excluding hydrogens is 272 g/mol. The number of hydrogen-bond donors (Lipinski definition) is 1. The molecule has 21 heavy (non-hydrogen) atoms. The standard InChI is InChI=1S/C15H18N2O4/c1-9-14(10(2)21-17-9)8-19-12-4-6-13(7-5-12)20-11(3)15(16)18/h4-7,11H,8H2,1-3H3,(H2,16,18)/t11-/m0/s1. The van der Waals surface area contributed by atoms with Crippen LogP contribution < -0.4 is 15.2 Å². The molecule has 1 aromatic heterocycles. The van der Waals surface area contributed by atoms with Crippen LogP contribution in [0.1, 0.15) is 23.9 Å². The van der Waals surface area contributed by atoms with Gasteiger partial charge in [0.25, 0.3) is 5.91 Å². The molecule has 0 fully saturated rings. The van der Waals surface area contributed by atoms with Crippen molar-refractivity contribution >= 4 is 5.91 Å². The minimum atomic E-state index is -0.668. The number of carbonyl (C=O) groups is 1. The summed E-state index contributed by atoms with van der Waals surface area (Å²) >= 11 is 0. The second-order valence-corrected chi connectivity index (χ2v) is 4.73. The third-order valence-electron chi connectivity index (χ3n) is 3.10. The van der Waals surface area contributed by atoms with Gasteiger partial charge in [-0.2, -0.15) is 0 Å². The van der Waals surface area contributed by atoms with Crippen molar-refractivity contribution in [2.24, 2.45) is 5.73 Å². The zero-order valence-electron chi connectivity index (χ0n) is 12.3. The molecule has 0 saturated heterocycles. The summed E-state index contributed by atoms with van der Waals surface area (Å²) in [4.78, 5) is 10.9. The molecule has 6 nitrogen and oxygen atoms in total. The van der Waals surface area contributed by atoms with Crippen LogP contribution in [0.4, 0.5) is 0 Å². The van der Waals surface area contributed by atoms with Gasteiger partial charge in [-0.15, -0.1) is 0 Å². The maximum atomic E-state index is 10.9. The molecule has 0 aliphatic heterocycles. The SMILES string of the molecule is Cc1noc(C)c1COc1ccc(O[C@@H](C)C(N)=O)cc1. The maximum absolute atomic E-state index is 10.9. The molecular formula is C15H18N2O4. The van der Waals surface area contributed by atoms with Crippen molar-refractivity contribution in [2.75, 3.05) is 0 Å². The van der Waals surface area contributed by atoms with Crippen LogP contribution in [-0.4, -0.2) is 17.2 Å². The Morgan fingerprint density at radius 2 is 1.90 bits per heavy atom. The van der Waals surface area contributed by atoms with E-state index in [1.165, 1.54) is 0 Å². The first-order chi connectivity index (χ1) is 9.97.